The van der Waals surface area contributed by atoms with Gasteiger partial charge in [0.1, 0.15) is 23.7 Å². The Bertz CT molecular complexity index is 1050. The van der Waals surface area contributed by atoms with Gasteiger partial charge in [0.2, 0.25) is 0 Å². The van der Waals surface area contributed by atoms with Crippen molar-refractivity contribution in [2.24, 2.45) is 5.73 Å². The number of phenols is 1. The molecule has 2 aromatic rings. The molecule has 0 spiro atoms. The zero-order valence-electron chi connectivity index (χ0n) is 19.7. The van der Waals surface area contributed by atoms with E-state index in [2.05, 4.69) is 0 Å². The SMILES string of the molecule is COc1cc(O)c(C(N)N(C(=N)C=O)c2ccc(CN3CCCC3C(=O)O)cc2)cc1C(C)C. The molecule has 0 saturated carbocycles. The quantitative estimate of drug-likeness (QED) is 0.190. The average molecular weight is 469 g/mol. The van der Waals surface area contributed by atoms with Crippen molar-refractivity contribution in [3.8, 4) is 11.5 Å². The largest absolute Gasteiger partial charge is 0.507 e. The minimum Gasteiger partial charge on any atom is -0.507 e. The number of anilines is 1. The molecule has 3 rings (SSSR count). The lowest BCUT2D eigenvalue weighted by Crippen LogP contribution is -2.40. The summed E-state index contributed by atoms with van der Waals surface area (Å²) in [4.78, 5) is 26.3. The van der Waals surface area contributed by atoms with Crippen molar-refractivity contribution in [1.29, 1.82) is 5.41 Å². The summed E-state index contributed by atoms with van der Waals surface area (Å²) < 4.78 is 5.37. The summed E-state index contributed by atoms with van der Waals surface area (Å²) in [5, 5.41) is 28.2. The van der Waals surface area contributed by atoms with Crippen molar-refractivity contribution in [3.05, 3.63) is 53.1 Å². The van der Waals surface area contributed by atoms with Gasteiger partial charge in [-0.05, 0) is 54.6 Å². The second-order valence-corrected chi connectivity index (χ2v) is 8.76. The topological polar surface area (TPSA) is 140 Å². The molecular formula is C25H32N4O5. The fourth-order valence-electron chi connectivity index (χ4n) is 4.41. The summed E-state index contributed by atoms with van der Waals surface area (Å²) in [7, 11) is 1.52. The molecule has 2 unspecified atom stereocenters. The molecule has 182 valence electrons. The minimum absolute atomic E-state index is 0.0946. The Kier molecular flexibility index (Phi) is 7.90. The predicted octanol–water partition coefficient (Wildman–Crippen LogP) is 3.21. The van der Waals surface area contributed by atoms with Crippen molar-refractivity contribution >= 4 is 23.8 Å². The van der Waals surface area contributed by atoms with Gasteiger partial charge in [-0.3, -0.25) is 19.9 Å². The first-order valence-electron chi connectivity index (χ1n) is 11.2. The van der Waals surface area contributed by atoms with Crippen molar-refractivity contribution < 1.29 is 24.5 Å². The molecule has 0 bridgehead atoms. The molecule has 0 aliphatic carbocycles. The number of hydrogen-bond donors (Lipinski definition) is 4. The van der Waals surface area contributed by atoms with E-state index in [9.17, 15) is 19.8 Å². The van der Waals surface area contributed by atoms with Crippen LogP contribution in [0.1, 0.15) is 55.5 Å². The number of nitrogens with one attached hydrogen (secondary N) is 1. The number of benzene rings is 2. The molecule has 1 aliphatic heterocycles. The first kappa shape index (κ1) is 25.2. The molecule has 9 heteroatoms. The highest BCUT2D eigenvalue weighted by molar-refractivity contribution is 6.32. The fourth-order valence-corrected chi connectivity index (χ4v) is 4.41. The lowest BCUT2D eigenvalue weighted by molar-refractivity contribution is -0.142. The first-order valence-corrected chi connectivity index (χ1v) is 11.2. The summed E-state index contributed by atoms with van der Waals surface area (Å²) in [6.45, 7) is 5.19. The molecule has 1 fully saturated rings. The highest BCUT2D eigenvalue weighted by atomic mass is 16.5. The van der Waals surface area contributed by atoms with Gasteiger partial charge in [0.15, 0.2) is 12.1 Å². The maximum absolute atomic E-state index is 11.5. The number of nitrogens with two attached hydrogens (primary N) is 1. The number of ether oxygens (including phenoxy) is 1. The maximum atomic E-state index is 11.5. The van der Waals surface area contributed by atoms with Crippen LogP contribution in [0.3, 0.4) is 0 Å². The lowest BCUT2D eigenvalue weighted by atomic mass is 9.97. The number of hydrogen-bond acceptors (Lipinski definition) is 7. The van der Waals surface area contributed by atoms with E-state index in [1.165, 1.54) is 18.1 Å². The number of rotatable bonds is 9. The number of phenolic OH excluding ortho intramolecular Hbond substituents is 1. The monoisotopic (exact) mass is 468 g/mol. The van der Waals surface area contributed by atoms with Gasteiger partial charge in [-0.1, -0.05) is 26.0 Å². The molecule has 9 nitrogen and oxygen atoms in total. The van der Waals surface area contributed by atoms with E-state index in [4.69, 9.17) is 15.9 Å². The number of carboxylic acids is 1. The van der Waals surface area contributed by atoms with Gasteiger partial charge in [0.05, 0.1) is 7.11 Å². The molecule has 0 radical (unpaired) electrons. The summed E-state index contributed by atoms with van der Waals surface area (Å²) in [6, 6.07) is 9.89. The Morgan fingerprint density at radius 1 is 1.29 bits per heavy atom. The normalized spacial score (nSPS) is 16.9. The van der Waals surface area contributed by atoms with Gasteiger partial charge < -0.3 is 25.6 Å². The van der Waals surface area contributed by atoms with Gasteiger partial charge in [-0.25, -0.2) is 0 Å². The van der Waals surface area contributed by atoms with Crippen molar-refractivity contribution in [1.82, 2.24) is 4.90 Å². The van der Waals surface area contributed by atoms with Gasteiger partial charge >= 0.3 is 5.97 Å². The number of amidine groups is 1. The highest BCUT2D eigenvalue weighted by Crippen LogP contribution is 2.37. The molecule has 1 heterocycles. The van der Waals surface area contributed by atoms with E-state index in [1.54, 1.807) is 18.2 Å². The number of aldehydes is 1. The Labute approximate surface area is 199 Å². The Hall–Kier alpha value is -3.43. The summed E-state index contributed by atoms with van der Waals surface area (Å²) in [5.74, 6) is -0.632. The smallest absolute Gasteiger partial charge is 0.320 e. The van der Waals surface area contributed by atoms with E-state index in [0.29, 0.717) is 36.3 Å². The van der Waals surface area contributed by atoms with Crippen LogP contribution in [0.15, 0.2) is 36.4 Å². The first-order chi connectivity index (χ1) is 16.2. The highest BCUT2D eigenvalue weighted by Gasteiger charge is 2.30. The molecule has 2 atom stereocenters. The lowest BCUT2D eigenvalue weighted by Gasteiger charge is -2.31. The third kappa shape index (κ3) is 5.21. The number of carboxylic acid groups (broad SMARTS) is 1. The van der Waals surface area contributed by atoms with Crippen LogP contribution in [0.5, 0.6) is 11.5 Å². The number of carbonyl (C=O) groups is 2. The molecule has 0 aromatic heterocycles. The Morgan fingerprint density at radius 3 is 2.53 bits per heavy atom. The maximum Gasteiger partial charge on any atom is 0.320 e. The van der Waals surface area contributed by atoms with Crippen LogP contribution in [0.25, 0.3) is 0 Å². The van der Waals surface area contributed by atoms with E-state index in [1.807, 2.05) is 30.9 Å². The summed E-state index contributed by atoms with van der Waals surface area (Å²) >= 11 is 0. The van der Waals surface area contributed by atoms with Gasteiger partial charge in [-0.2, -0.15) is 0 Å². The standard InChI is InChI=1S/C25H32N4O5/c1-15(2)18-11-19(21(31)12-22(18)34-3)24(27)29(23(26)14-30)17-8-6-16(7-9-17)13-28-10-4-5-20(28)25(32)33/h6-9,11-12,14-15,20,24,26,31H,4-5,10,13,27H2,1-3H3,(H,32,33). The molecule has 1 saturated heterocycles. The number of methoxy groups -OCH3 is 1. The second kappa shape index (κ2) is 10.7. The van der Waals surface area contributed by atoms with E-state index < -0.39 is 18.2 Å². The van der Waals surface area contributed by atoms with Gasteiger partial charge in [0, 0.05) is 23.9 Å². The molecule has 1 aliphatic rings. The van der Waals surface area contributed by atoms with E-state index >= 15 is 0 Å². The molecule has 5 N–H and O–H groups in total. The third-order valence-electron chi connectivity index (χ3n) is 6.22. The molecule has 0 amide bonds. The van der Waals surface area contributed by atoms with Crippen LogP contribution in [-0.4, -0.2) is 52.9 Å². The number of aromatic hydroxyl groups is 1. The number of likely N-dealkylation sites (tertiary alicyclic amines) is 1. The summed E-state index contributed by atoms with van der Waals surface area (Å²) in [6.07, 6.45) is 0.884. The minimum atomic E-state index is -0.998. The summed E-state index contributed by atoms with van der Waals surface area (Å²) in [5.41, 5.74) is 9.11. The Balaban J connectivity index is 1.91. The van der Waals surface area contributed by atoms with Crippen LogP contribution in [0, 0.1) is 5.41 Å². The molecular weight excluding hydrogens is 436 g/mol. The third-order valence-corrected chi connectivity index (χ3v) is 6.22. The average Bonchev–Trinajstić information content (AvgIpc) is 3.28. The van der Waals surface area contributed by atoms with Crippen LogP contribution >= 0.6 is 0 Å². The fraction of sp³-hybridized carbons (Fsp3) is 0.400. The zero-order valence-corrected chi connectivity index (χ0v) is 19.7. The molecule has 2 aromatic carbocycles. The number of aliphatic carboxylic acids is 1. The van der Waals surface area contributed by atoms with Crippen molar-refractivity contribution in [2.75, 3.05) is 18.6 Å². The zero-order chi connectivity index (χ0) is 25.0. The number of nitrogens with zero attached hydrogens (tertiary/aromatic N) is 2. The Morgan fingerprint density at radius 2 is 1.97 bits per heavy atom. The van der Waals surface area contributed by atoms with E-state index in [-0.39, 0.29) is 17.5 Å². The van der Waals surface area contributed by atoms with Gasteiger partial charge in [-0.15, -0.1) is 0 Å². The van der Waals surface area contributed by atoms with Crippen molar-refractivity contribution in [2.45, 2.75) is 51.4 Å². The van der Waals surface area contributed by atoms with Crippen molar-refractivity contribution in [3.63, 3.8) is 0 Å². The predicted molar refractivity (Wildman–Crippen MR) is 129 cm³/mol. The number of carbonyl (C=O) groups excluding carboxylic acids is 1. The van der Waals surface area contributed by atoms with Crippen LogP contribution in [0.4, 0.5) is 5.69 Å². The van der Waals surface area contributed by atoms with Crippen LogP contribution in [0.2, 0.25) is 0 Å². The van der Waals surface area contributed by atoms with Crippen LogP contribution in [-0.2, 0) is 16.1 Å². The van der Waals surface area contributed by atoms with E-state index in [0.717, 1.165) is 24.1 Å². The molecule has 34 heavy (non-hydrogen) atoms. The van der Waals surface area contributed by atoms with Gasteiger partial charge in [0.25, 0.3) is 0 Å². The second-order valence-electron chi connectivity index (χ2n) is 8.76. The van der Waals surface area contributed by atoms with Crippen LogP contribution < -0.4 is 15.4 Å².